The smallest absolute Gasteiger partial charge is 0.404 e. The van der Waals surface area contributed by atoms with Crippen LogP contribution in [0.15, 0.2) is 24.3 Å². The van der Waals surface area contributed by atoms with E-state index in [0.29, 0.717) is 11.3 Å². The summed E-state index contributed by atoms with van der Waals surface area (Å²) in [7, 11) is 0. The van der Waals surface area contributed by atoms with Crippen molar-refractivity contribution >= 4 is 17.7 Å². The van der Waals surface area contributed by atoms with Crippen molar-refractivity contribution in [2.75, 3.05) is 18.8 Å². The molecule has 0 spiro atoms. The van der Waals surface area contributed by atoms with Gasteiger partial charge in [-0.3, -0.25) is 4.79 Å². The molecule has 2 amide bonds. The summed E-state index contributed by atoms with van der Waals surface area (Å²) < 4.78 is 0. The number of amides is 2. The summed E-state index contributed by atoms with van der Waals surface area (Å²) in [5.41, 5.74) is 6.55. The van der Waals surface area contributed by atoms with Gasteiger partial charge in [0.05, 0.1) is 0 Å². The predicted molar refractivity (Wildman–Crippen MR) is 59.2 cm³/mol. The van der Waals surface area contributed by atoms with E-state index in [0.717, 1.165) is 0 Å². The van der Waals surface area contributed by atoms with Crippen LogP contribution in [-0.2, 0) is 0 Å². The van der Waals surface area contributed by atoms with Gasteiger partial charge in [0.25, 0.3) is 5.91 Å². The molecule has 0 atom stereocenters. The molecule has 1 aromatic rings. The zero-order valence-electron chi connectivity index (χ0n) is 8.56. The van der Waals surface area contributed by atoms with Gasteiger partial charge in [0.1, 0.15) is 0 Å². The van der Waals surface area contributed by atoms with Gasteiger partial charge in [0, 0.05) is 24.3 Å². The molecule has 5 N–H and O–H groups in total. The largest absolute Gasteiger partial charge is 0.465 e. The molecule has 0 saturated heterocycles. The second-order valence-electron chi connectivity index (χ2n) is 3.11. The summed E-state index contributed by atoms with van der Waals surface area (Å²) in [4.78, 5) is 21.6. The van der Waals surface area contributed by atoms with Crippen LogP contribution in [0.4, 0.5) is 10.5 Å². The third kappa shape index (κ3) is 3.87. The van der Waals surface area contributed by atoms with Crippen LogP contribution < -0.4 is 16.4 Å². The van der Waals surface area contributed by atoms with Gasteiger partial charge in [-0.2, -0.15) is 0 Å². The first-order valence-electron chi connectivity index (χ1n) is 4.70. The van der Waals surface area contributed by atoms with E-state index in [1.807, 2.05) is 0 Å². The molecule has 0 heterocycles. The molecule has 86 valence electrons. The molecule has 0 bridgehead atoms. The van der Waals surface area contributed by atoms with E-state index in [4.69, 9.17) is 10.8 Å². The topological polar surface area (TPSA) is 104 Å². The number of carbonyl (C=O) groups is 2. The number of carbonyl (C=O) groups excluding carboxylic acids is 1. The molecule has 0 aliphatic carbocycles. The van der Waals surface area contributed by atoms with Gasteiger partial charge in [-0.25, -0.2) is 4.79 Å². The first-order chi connectivity index (χ1) is 7.59. The Morgan fingerprint density at radius 1 is 1.12 bits per heavy atom. The van der Waals surface area contributed by atoms with Crippen molar-refractivity contribution in [3.63, 3.8) is 0 Å². The summed E-state index contributed by atoms with van der Waals surface area (Å²) in [6, 6.07) is 6.47. The number of rotatable bonds is 4. The van der Waals surface area contributed by atoms with Crippen molar-refractivity contribution in [1.29, 1.82) is 0 Å². The van der Waals surface area contributed by atoms with Crippen LogP contribution in [0.5, 0.6) is 0 Å². The van der Waals surface area contributed by atoms with Crippen LogP contribution in [-0.4, -0.2) is 30.2 Å². The number of hydrogen-bond donors (Lipinski definition) is 4. The van der Waals surface area contributed by atoms with E-state index in [-0.39, 0.29) is 19.0 Å². The average molecular weight is 223 g/mol. The SMILES string of the molecule is Nc1ccc(C(=O)NCCNC(=O)O)cc1. The Bertz CT molecular complexity index is 375. The molecular weight excluding hydrogens is 210 g/mol. The molecule has 0 aromatic heterocycles. The molecule has 0 aliphatic rings. The highest BCUT2D eigenvalue weighted by Crippen LogP contribution is 2.04. The minimum absolute atomic E-state index is 0.177. The molecule has 0 unspecified atom stereocenters. The maximum Gasteiger partial charge on any atom is 0.404 e. The highest BCUT2D eigenvalue weighted by atomic mass is 16.4. The third-order valence-electron chi connectivity index (χ3n) is 1.86. The van der Waals surface area contributed by atoms with Crippen molar-refractivity contribution < 1.29 is 14.7 Å². The van der Waals surface area contributed by atoms with E-state index < -0.39 is 6.09 Å². The molecule has 0 fully saturated rings. The Labute approximate surface area is 92.4 Å². The normalized spacial score (nSPS) is 9.50. The number of nitrogens with two attached hydrogens (primary N) is 1. The summed E-state index contributed by atoms with van der Waals surface area (Å²) in [6.07, 6.45) is -1.11. The molecule has 0 radical (unpaired) electrons. The fourth-order valence-corrected chi connectivity index (χ4v) is 1.08. The van der Waals surface area contributed by atoms with E-state index in [2.05, 4.69) is 10.6 Å². The van der Waals surface area contributed by atoms with Gasteiger partial charge in [0.2, 0.25) is 0 Å². The minimum atomic E-state index is -1.11. The van der Waals surface area contributed by atoms with Gasteiger partial charge in [-0.1, -0.05) is 0 Å². The fraction of sp³-hybridized carbons (Fsp3) is 0.200. The van der Waals surface area contributed by atoms with Gasteiger partial charge in [-0.15, -0.1) is 0 Å². The summed E-state index contributed by atoms with van der Waals surface area (Å²) in [5.74, 6) is -0.257. The molecule has 1 aromatic carbocycles. The van der Waals surface area contributed by atoms with Crippen molar-refractivity contribution in [2.45, 2.75) is 0 Å². The number of nitrogens with one attached hydrogen (secondary N) is 2. The zero-order valence-corrected chi connectivity index (χ0v) is 8.56. The lowest BCUT2D eigenvalue weighted by Gasteiger charge is -2.05. The van der Waals surface area contributed by atoms with E-state index in [1.54, 1.807) is 24.3 Å². The second kappa shape index (κ2) is 5.59. The van der Waals surface area contributed by atoms with Gasteiger partial charge >= 0.3 is 6.09 Å². The van der Waals surface area contributed by atoms with E-state index in [1.165, 1.54) is 0 Å². The van der Waals surface area contributed by atoms with E-state index >= 15 is 0 Å². The number of anilines is 1. The van der Waals surface area contributed by atoms with Crippen molar-refractivity contribution in [3.8, 4) is 0 Å². The molecule has 6 heteroatoms. The number of nitrogen functional groups attached to an aromatic ring is 1. The molecule has 1 rings (SSSR count). The van der Waals surface area contributed by atoms with Gasteiger partial charge in [0.15, 0.2) is 0 Å². The molecular formula is C10H13N3O3. The molecule has 0 aliphatic heterocycles. The molecule has 16 heavy (non-hydrogen) atoms. The maximum atomic E-state index is 11.5. The fourth-order valence-electron chi connectivity index (χ4n) is 1.08. The standard InChI is InChI=1S/C10H13N3O3/c11-8-3-1-7(2-4-8)9(14)12-5-6-13-10(15)16/h1-4,13H,5-6,11H2,(H,12,14)(H,15,16). The van der Waals surface area contributed by atoms with Crippen LogP contribution in [0.1, 0.15) is 10.4 Å². The Balaban J connectivity index is 2.35. The zero-order chi connectivity index (χ0) is 12.0. The van der Waals surface area contributed by atoms with Crippen LogP contribution in [0.25, 0.3) is 0 Å². The Morgan fingerprint density at radius 2 is 1.69 bits per heavy atom. The highest BCUT2D eigenvalue weighted by molar-refractivity contribution is 5.94. The molecule has 0 saturated carbocycles. The summed E-state index contributed by atoms with van der Waals surface area (Å²) in [5, 5.41) is 13.0. The van der Waals surface area contributed by atoms with Crippen LogP contribution >= 0.6 is 0 Å². The third-order valence-corrected chi connectivity index (χ3v) is 1.86. The Morgan fingerprint density at radius 3 is 2.25 bits per heavy atom. The predicted octanol–water partition coefficient (Wildman–Crippen LogP) is 0.266. The second-order valence-corrected chi connectivity index (χ2v) is 3.11. The lowest BCUT2D eigenvalue weighted by Crippen LogP contribution is -2.33. The Hall–Kier alpha value is -2.24. The molecule has 6 nitrogen and oxygen atoms in total. The van der Waals surface area contributed by atoms with Crippen LogP contribution in [0.3, 0.4) is 0 Å². The van der Waals surface area contributed by atoms with Crippen LogP contribution in [0, 0.1) is 0 Å². The van der Waals surface area contributed by atoms with Crippen molar-refractivity contribution in [1.82, 2.24) is 10.6 Å². The van der Waals surface area contributed by atoms with Gasteiger partial charge < -0.3 is 21.5 Å². The number of carboxylic acid groups (broad SMARTS) is 1. The number of hydrogen-bond acceptors (Lipinski definition) is 3. The first kappa shape index (κ1) is 11.8. The maximum absolute atomic E-state index is 11.5. The van der Waals surface area contributed by atoms with Gasteiger partial charge in [-0.05, 0) is 24.3 Å². The van der Waals surface area contributed by atoms with Crippen molar-refractivity contribution in [2.24, 2.45) is 0 Å². The quantitative estimate of drug-likeness (QED) is 0.434. The lowest BCUT2D eigenvalue weighted by molar-refractivity contribution is 0.0953. The average Bonchev–Trinajstić information content (AvgIpc) is 2.25. The van der Waals surface area contributed by atoms with Crippen LogP contribution in [0.2, 0.25) is 0 Å². The first-order valence-corrected chi connectivity index (χ1v) is 4.70. The monoisotopic (exact) mass is 223 g/mol. The highest BCUT2D eigenvalue weighted by Gasteiger charge is 2.03. The summed E-state index contributed by atoms with van der Waals surface area (Å²) >= 11 is 0. The number of benzene rings is 1. The van der Waals surface area contributed by atoms with E-state index in [9.17, 15) is 9.59 Å². The Kier molecular flexibility index (Phi) is 4.14. The minimum Gasteiger partial charge on any atom is -0.465 e. The van der Waals surface area contributed by atoms with Crippen molar-refractivity contribution in [3.05, 3.63) is 29.8 Å². The lowest BCUT2D eigenvalue weighted by atomic mass is 10.2. The summed E-state index contributed by atoms with van der Waals surface area (Å²) in [6.45, 7) is 0.422.